The fourth-order valence-corrected chi connectivity index (χ4v) is 18.2. The lowest BCUT2D eigenvalue weighted by molar-refractivity contribution is 0.660. The molecule has 104 heavy (non-hydrogen) atoms. The second kappa shape index (κ2) is 25.3. The van der Waals surface area contributed by atoms with Gasteiger partial charge < -0.3 is 0 Å². The van der Waals surface area contributed by atoms with Crippen molar-refractivity contribution in [3.63, 3.8) is 0 Å². The van der Waals surface area contributed by atoms with Crippen LogP contribution in [0.25, 0.3) is 175 Å². The molecule has 0 N–H and O–H groups in total. The minimum atomic E-state index is -0.0305. The van der Waals surface area contributed by atoms with Crippen LogP contribution in [0.2, 0.25) is 0 Å². The quantitative estimate of drug-likeness (QED) is 0.137. The molecule has 2 aliphatic carbocycles. The molecule has 4 aromatic heterocycles. The van der Waals surface area contributed by atoms with Gasteiger partial charge in [0, 0.05) is 84.6 Å². The van der Waals surface area contributed by atoms with Crippen LogP contribution in [0.1, 0.15) is 49.9 Å². The van der Waals surface area contributed by atoms with Crippen molar-refractivity contribution in [3.05, 3.63) is 362 Å². The van der Waals surface area contributed by atoms with Gasteiger partial charge in [0.15, 0.2) is 11.6 Å². The Bertz CT molecular complexity index is 6360. The van der Waals surface area contributed by atoms with Gasteiger partial charge in [0.05, 0.1) is 22.8 Å². The zero-order valence-corrected chi connectivity index (χ0v) is 59.6. The topological polar surface area (TPSA) is 51.6 Å². The van der Waals surface area contributed by atoms with Crippen LogP contribution in [-0.4, -0.2) is 19.9 Å². The summed E-state index contributed by atoms with van der Waals surface area (Å²) in [4.78, 5) is 20.4. The second-order valence-electron chi connectivity index (χ2n) is 28.4. The van der Waals surface area contributed by atoms with Crippen LogP contribution < -0.4 is 0 Å². The predicted octanol–water partition coefficient (Wildman–Crippen LogP) is 27.0. The fourth-order valence-electron chi connectivity index (χ4n) is 15.9. The third-order valence-electron chi connectivity index (χ3n) is 21.5. The molecule has 0 saturated heterocycles. The third-order valence-corrected chi connectivity index (χ3v) is 23.9. The molecule has 18 aromatic rings. The van der Waals surface area contributed by atoms with Crippen molar-refractivity contribution in [1.82, 2.24) is 19.9 Å². The summed E-state index contributed by atoms with van der Waals surface area (Å²) < 4.78 is 5.29. The normalized spacial score (nSPS) is 13.0. The largest absolute Gasteiger partial charge is 0.228 e. The van der Waals surface area contributed by atoms with Crippen LogP contribution in [0.15, 0.2) is 340 Å². The summed E-state index contributed by atoms with van der Waals surface area (Å²) in [5.74, 6) is 1.44. The first-order chi connectivity index (χ1) is 51.0. The van der Waals surface area contributed by atoms with Crippen molar-refractivity contribution in [2.45, 2.75) is 38.5 Å². The van der Waals surface area contributed by atoms with E-state index in [9.17, 15) is 0 Å². The van der Waals surface area contributed by atoms with Crippen molar-refractivity contribution in [2.24, 2.45) is 0 Å². The first-order valence-electron chi connectivity index (χ1n) is 35.6. The van der Waals surface area contributed by atoms with E-state index >= 15 is 0 Å². The highest BCUT2D eigenvalue weighted by Gasteiger charge is 2.37. The lowest BCUT2D eigenvalue weighted by Crippen LogP contribution is -2.14. The molecular formula is C98H68N4S2. The van der Waals surface area contributed by atoms with Gasteiger partial charge in [-0.05, 0) is 138 Å². The van der Waals surface area contributed by atoms with E-state index in [1.54, 1.807) is 0 Å². The molecule has 0 saturated carbocycles. The number of hydrogen-bond acceptors (Lipinski definition) is 6. The van der Waals surface area contributed by atoms with Gasteiger partial charge in [-0.3, -0.25) is 0 Å². The average molecular weight is 1370 g/mol. The van der Waals surface area contributed by atoms with Gasteiger partial charge in [0.2, 0.25) is 0 Å². The molecule has 0 amide bonds. The van der Waals surface area contributed by atoms with Crippen LogP contribution in [0, 0.1) is 0 Å². The molecule has 4 heterocycles. The van der Waals surface area contributed by atoms with Crippen molar-refractivity contribution in [2.75, 3.05) is 0 Å². The molecule has 6 heteroatoms. The molecule has 0 radical (unpaired) electrons. The molecule has 492 valence electrons. The summed E-state index contributed by atoms with van der Waals surface area (Å²) in [7, 11) is 0. The molecule has 0 bridgehead atoms. The standard InChI is InChI=1S/2C49H34N2S/c1-49(2)42-17-8-6-13-38(42)39-28-27-36(29-43(39)49)31-19-23-33(24-20-31)44-30-45(51-48(50-44)35-11-4-3-5-12-35)34-25-21-32(22-26-34)37-15-10-16-41-40-14-7-9-18-46(40)52-47(37)41;1-49(2)42-14-8-6-12-38(42)39-26-24-37(29-43(39)49)32-18-22-34(23-19-32)45-30-44(50-48(51-45)35-10-4-3-5-11-35)33-20-16-31(17-21-33)36-25-27-47-41(28-36)40-13-7-9-15-46(40)52-47/h2*3-30H,1-2H3. The first kappa shape index (κ1) is 62.7. The summed E-state index contributed by atoms with van der Waals surface area (Å²) in [6.45, 7) is 9.34. The number of thiophene rings is 2. The monoisotopic (exact) mass is 1360 g/mol. The van der Waals surface area contributed by atoms with Crippen LogP contribution in [0.4, 0.5) is 0 Å². The Morgan fingerprint density at radius 3 is 1.00 bits per heavy atom. The lowest BCUT2D eigenvalue weighted by atomic mass is 9.81. The maximum Gasteiger partial charge on any atom is 0.160 e. The van der Waals surface area contributed by atoms with E-state index < -0.39 is 0 Å². The van der Waals surface area contributed by atoms with Gasteiger partial charge in [-0.2, -0.15) is 0 Å². The summed E-state index contributed by atoms with van der Waals surface area (Å²) in [6, 6.07) is 122. The Labute approximate surface area is 613 Å². The van der Waals surface area contributed by atoms with Crippen LogP contribution in [-0.2, 0) is 10.8 Å². The van der Waals surface area contributed by atoms with Gasteiger partial charge in [0.25, 0.3) is 0 Å². The van der Waals surface area contributed by atoms with E-state index in [1.165, 1.54) is 129 Å². The number of nitrogens with zero attached hydrogens (tertiary/aromatic N) is 4. The molecule has 0 aliphatic heterocycles. The van der Waals surface area contributed by atoms with Crippen molar-refractivity contribution >= 4 is 63.0 Å². The Hall–Kier alpha value is -12.3. The summed E-state index contributed by atoms with van der Waals surface area (Å²) >= 11 is 3.72. The minimum absolute atomic E-state index is 0.0300. The Morgan fingerprint density at radius 2 is 0.529 bits per heavy atom. The maximum absolute atomic E-state index is 5.10. The molecule has 14 aromatic carbocycles. The molecule has 2 aliphatic rings. The molecule has 4 nitrogen and oxygen atoms in total. The average Bonchev–Trinajstić information content (AvgIpc) is 1.57. The smallest absolute Gasteiger partial charge is 0.160 e. The number of fused-ring (bicyclic) bond motifs is 12. The summed E-state index contributed by atoms with van der Waals surface area (Å²) in [5, 5.41) is 5.26. The molecule has 20 rings (SSSR count). The van der Waals surface area contributed by atoms with Crippen molar-refractivity contribution in [3.8, 4) is 135 Å². The second-order valence-corrected chi connectivity index (χ2v) is 30.6. The van der Waals surface area contributed by atoms with E-state index in [1.807, 2.05) is 59.1 Å². The van der Waals surface area contributed by atoms with E-state index in [0.717, 1.165) is 67.8 Å². The van der Waals surface area contributed by atoms with E-state index in [0.29, 0.717) is 0 Å². The maximum atomic E-state index is 5.10. The zero-order valence-electron chi connectivity index (χ0n) is 57.9. The SMILES string of the molecule is CC1(C)c2ccccc2-c2ccc(-c3ccc(-c4cc(-c5ccc(-c6ccc7sc8ccccc8c7c6)cc5)nc(-c5ccccc5)n4)cc3)cc21.CC1(C)c2ccccc2-c2ccc(-c3ccc(-c4cc(-c5ccc(-c6cccc7c6sc6ccccc67)cc5)nc(-c5ccccc5)n4)cc3)cc21. The minimum Gasteiger partial charge on any atom is -0.228 e. The first-order valence-corrected chi connectivity index (χ1v) is 37.3. The Morgan fingerprint density at radius 1 is 0.202 bits per heavy atom. The van der Waals surface area contributed by atoms with Gasteiger partial charge in [-0.1, -0.05) is 319 Å². The van der Waals surface area contributed by atoms with Gasteiger partial charge in [-0.25, -0.2) is 19.9 Å². The molecule has 0 atom stereocenters. The molecule has 0 fully saturated rings. The van der Waals surface area contributed by atoms with E-state index in [-0.39, 0.29) is 10.8 Å². The van der Waals surface area contributed by atoms with Gasteiger partial charge in [0.1, 0.15) is 0 Å². The van der Waals surface area contributed by atoms with E-state index in [2.05, 4.69) is 331 Å². The number of hydrogen-bond donors (Lipinski definition) is 0. The highest BCUT2D eigenvalue weighted by Crippen LogP contribution is 2.52. The van der Waals surface area contributed by atoms with Gasteiger partial charge in [-0.15, -0.1) is 22.7 Å². The summed E-state index contributed by atoms with van der Waals surface area (Å²) in [6.07, 6.45) is 0. The number of rotatable bonds is 10. The predicted molar refractivity (Wildman–Crippen MR) is 439 cm³/mol. The van der Waals surface area contributed by atoms with E-state index in [4.69, 9.17) is 19.9 Å². The van der Waals surface area contributed by atoms with Crippen LogP contribution in [0.3, 0.4) is 0 Å². The fraction of sp³-hybridized carbons (Fsp3) is 0.0612. The highest BCUT2D eigenvalue weighted by atomic mass is 32.1. The highest BCUT2D eigenvalue weighted by molar-refractivity contribution is 7.26. The zero-order chi connectivity index (χ0) is 69.6. The van der Waals surface area contributed by atoms with Crippen molar-refractivity contribution in [1.29, 1.82) is 0 Å². The van der Waals surface area contributed by atoms with Gasteiger partial charge >= 0.3 is 0 Å². The van der Waals surface area contributed by atoms with Crippen LogP contribution in [0.5, 0.6) is 0 Å². The third kappa shape index (κ3) is 11.0. The lowest BCUT2D eigenvalue weighted by Gasteiger charge is -2.22. The summed E-state index contributed by atoms with van der Waals surface area (Å²) in [5.41, 5.74) is 30.4. The number of aromatic nitrogens is 4. The number of benzene rings is 14. The molecule has 0 unspecified atom stereocenters. The molecular weight excluding hydrogens is 1300 g/mol. The van der Waals surface area contributed by atoms with Crippen molar-refractivity contribution < 1.29 is 0 Å². The Kier molecular flexibility index (Phi) is 15.3. The Balaban J connectivity index is 0.000000143. The molecule has 0 spiro atoms. The van der Waals surface area contributed by atoms with Crippen LogP contribution >= 0.6 is 22.7 Å².